The average molecular weight is 413 g/mol. The Morgan fingerprint density at radius 3 is 1.59 bits per heavy atom. The molecular formula is C25H48O4. The lowest BCUT2D eigenvalue weighted by atomic mass is 10.0. The summed E-state index contributed by atoms with van der Waals surface area (Å²) in [4.78, 5) is 23.4. The van der Waals surface area contributed by atoms with Crippen LogP contribution in [-0.4, -0.2) is 24.6 Å². The van der Waals surface area contributed by atoms with Crippen LogP contribution in [0.25, 0.3) is 0 Å². The molecule has 0 aromatic rings. The zero-order chi connectivity index (χ0) is 21.6. The SMILES string of the molecule is CCCCCCCCCCCCCCCOC(=O)CCC(=O)OC(C)CCCC. The van der Waals surface area contributed by atoms with Crippen LogP contribution in [0.2, 0.25) is 0 Å². The fourth-order valence-corrected chi connectivity index (χ4v) is 3.42. The van der Waals surface area contributed by atoms with Gasteiger partial charge in [0.25, 0.3) is 0 Å². The molecule has 1 atom stereocenters. The molecule has 1 unspecified atom stereocenters. The minimum atomic E-state index is -0.300. The van der Waals surface area contributed by atoms with Crippen molar-refractivity contribution in [2.24, 2.45) is 0 Å². The molecule has 0 rings (SSSR count). The second-order valence-electron chi connectivity index (χ2n) is 8.41. The minimum absolute atomic E-state index is 0.0655. The van der Waals surface area contributed by atoms with Gasteiger partial charge in [-0.1, -0.05) is 104 Å². The molecule has 0 bridgehead atoms. The highest BCUT2D eigenvalue weighted by atomic mass is 16.5. The van der Waals surface area contributed by atoms with Gasteiger partial charge in [-0.05, 0) is 19.8 Å². The molecule has 4 nitrogen and oxygen atoms in total. The maximum atomic E-state index is 11.7. The quantitative estimate of drug-likeness (QED) is 0.144. The number of hydrogen-bond donors (Lipinski definition) is 0. The zero-order valence-electron chi connectivity index (χ0n) is 19.6. The van der Waals surface area contributed by atoms with E-state index in [-0.39, 0.29) is 30.9 Å². The molecule has 0 saturated carbocycles. The molecule has 0 aliphatic heterocycles. The Kier molecular flexibility index (Phi) is 20.9. The van der Waals surface area contributed by atoms with Gasteiger partial charge >= 0.3 is 11.9 Å². The lowest BCUT2D eigenvalue weighted by Crippen LogP contribution is -2.16. The molecule has 4 heteroatoms. The molecule has 0 amide bonds. The van der Waals surface area contributed by atoms with Crippen molar-refractivity contribution >= 4 is 11.9 Å². The Bertz CT molecular complexity index is 381. The highest BCUT2D eigenvalue weighted by molar-refractivity contribution is 5.77. The lowest BCUT2D eigenvalue weighted by molar-refractivity contribution is -0.153. The first-order valence-electron chi connectivity index (χ1n) is 12.4. The summed E-state index contributed by atoms with van der Waals surface area (Å²) >= 11 is 0. The van der Waals surface area contributed by atoms with Crippen molar-refractivity contribution < 1.29 is 19.1 Å². The second kappa shape index (κ2) is 21.6. The molecule has 0 aliphatic carbocycles. The van der Waals surface area contributed by atoms with Gasteiger partial charge in [-0.2, -0.15) is 0 Å². The summed E-state index contributed by atoms with van der Waals surface area (Å²) in [5, 5.41) is 0. The number of unbranched alkanes of at least 4 members (excludes halogenated alkanes) is 13. The van der Waals surface area contributed by atoms with Crippen molar-refractivity contribution in [1.82, 2.24) is 0 Å². The molecule has 172 valence electrons. The molecule has 0 saturated heterocycles. The standard InChI is InChI=1S/C25H48O4/c1-4-6-8-9-10-11-12-13-14-15-16-17-18-22-28-24(26)20-21-25(27)29-23(3)19-7-5-2/h23H,4-22H2,1-3H3. The zero-order valence-corrected chi connectivity index (χ0v) is 19.6. The Hall–Kier alpha value is -1.06. The molecular weight excluding hydrogens is 364 g/mol. The van der Waals surface area contributed by atoms with Crippen LogP contribution in [0.4, 0.5) is 0 Å². The highest BCUT2D eigenvalue weighted by Gasteiger charge is 2.12. The fraction of sp³-hybridized carbons (Fsp3) is 0.920. The van der Waals surface area contributed by atoms with Gasteiger partial charge in [-0.15, -0.1) is 0 Å². The van der Waals surface area contributed by atoms with E-state index in [4.69, 9.17) is 9.47 Å². The van der Waals surface area contributed by atoms with E-state index in [9.17, 15) is 9.59 Å². The van der Waals surface area contributed by atoms with Gasteiger partial charge in [0.05, 0.1) is 25.6 Å². The number of carbonyl (C=O) groups excluding carboxylic acids is 2. The first-order chi connectivity index (χ1) is 14.1. The van der Waals surface area contributed by atoms with Crippen molar-refractivity contribution in [3.63, 3.8) is 0 Å². The summed E-state index contributed by atoms with van der Waals surface area (Å²) in [6.07, 6.45) is 20.1. The number of hydrogen-bond acceptors (Lipinski definition) is 4. The Morgan fingerprint density at radius 1 is 0.621 bits per heavy atom. The highest BCUT2D eigenvalue weighted by Crippen LogP contribution is 2.12. The molecule has 0 spiro atoms. The number of esters is 2. The molecule has 0 fully saturated rings. The van der Waals surface area contributed by atoms with E-state index < -0.39 is 0 Å². The number of rotatable bonds is 21. The first-order valence-corrected chi connectivity index (χ1v) is 12.4. The molecule has 0 radical (unpaired) electrons. The van der Waals surface area contributed by atoms with E-state index >= 15 is 0 Å². The van der Waals surface area contributed by atoms with Gasteiger partial charge in [0.15, 0.2) is 0 Å². The summed E-state index contributed by atoms with van der Waals surface area (Å²) in [5.74, 6) is -0.589. The van der Waals surface area contributed by atoms with Crippen LogP contribution in [-0.2, 0) is 19.1 Å². The van der Waals surface area contributed by atoms with Crippen molar-refractivity contribution in [2.75, 3.05) is 6.61 Å². The molecule has 0 heterocycles. The minimum Gasteiger partial charge on any atom is -0.466 e. The fourth-order valence-electron chi connectivity index (χ4n) is 3.42. The van der Waals surface area contributed by atoms with E-state index in [1.165, 1.54) is 70.6 Å². The smallest absolute Gasteiger partial charge is 0.306 e. The van der Waals surface area contributed by atoms with E-state index in [1.54, 1.807) is 0 Å². The van der Waals surface area contributed by atoms with Gasteiger partial charge in [0, 0.05) is 0 Å². The van der Waals surface area contributed by atoms with Crippen LogP contribution in [0.1, 0.15) is 136 Å². The average Bonchev–Trinajstić information content (AvgIpc) is 2.71. The van der Waals surface area contributed by atoms with Crippen LogP contribution < -0.4 is 0 Å². The predicted molar refractivity (Wildman–Crippen MR) is 121 cm³/mol. The van der Waals surface area contributed by atoms with Crippen molar-refractivity contribution in [1.29, 1.82) is 0 Å². The summed E-state index contributed by atoms with van der Waals surface area (Å²) < 4.78 is 10.5. The summed E-state index contributed by atoms with van der Waals surface area (Å²) in [6.45, 7) is 6.75. The topological polar surface area (TPSA) is 52.6 Å². The molecule has 0 aromatic heterocycles. The van der Waals surface area contributed by atoms with Crippen LogP contribution >= 0.6 is 0 Å². The van der Waals surface area contributed by atoms with E-state index in [0.29, 0.717) is 6.61 Å². The van der Waals surface area contributed by atoms with E-state index in [0.717, 1.165) is 32.1 Å². The van der Waals surface area contributed by atoms with E-state index in [2.05, 4.69) is 13.8 Å². The van der Waals surface area contributed by atoms with Gasteiger partial charge in [0.2, 0.25) is 0 Å². The Morgan fingerprint density at radius 2 is 1.07 bits per heavy atom. The first kappa shape index (κ1) is 27.9. The normalized spacial score (nSPS) is 12.0. The third-order valence-corrected chi connectivity index (χ3v) is 5.34. The number of carbonyl (C=O) groups is 2. The van der Waals surface area contributed by atoms with Crippen molar-refractivity contribution in [3.8, 4) is 0 Å². The summed E-state index contributed by atoms with van der Waals surface area (Å²) in [7, 11) is 0. The Balaban J connectivity index is 3.34. The predicted octanol–water partition coefficient (Wildman–Crippen LogP) is 7.52. The van der Waals surface area contributed by atoms with Crippen molar-refractivity contribution in [3.05, 3.63) is 0 Å². The lowest BCUT2D eigenvalue weighted by Gasteiger charge is -2.12. The maximum absolute atomic E-state index is 11.7. The van der Waals surface area contributed by atoms with Gasteiger partial charge in [-0.25, -0.2) is 0 Å². The van der Waals surface area contributed by atoms with E-state index in [1.807, 2.05) is 6.92 Å². The summed E-state index contributed by atoms with van der Waals surface area (Å²) in [5.41, 5.74) is 0. The maximum Gasteiger partial charge on any atom is 0.306 e. The van der Waals surface area contributed by atoms with Crippen LogP contribution in [0, 0.1) is 0 Å². The second-order valence-corrected chi connectivity index (χ2v) is 8.41. The largest absolute Gasteiger partial charge is 0.466 e. The molecule has 29 heavy (non-hydrogen) atoms. The third kappa shape index (κ3) is 21.5. The molecule has 0 aliphatic rings. The van der Waals surface area contributed by atoms with Gasteiger partial charge < -0.3 is 9.47 Å². The van der Waals surface area contributed by atoms with Crippen molar-refractivity contribution in [2.45, 2.75) is 142 Å². The molecule has 0 aromatic carbocycles. The summed E-state index contributed by atoms with van der Waals surface area (Å²) in [6, 6.07) is 0. The monoisotopic (exact) mass is 412 g/mol. The van der Waals surface area contributed by atoms with Crippen LogP contribution in [0.5, 0.6) is 0 Å². The van der Waals surface area contributed by atoms with Gasteiger partial charge in [0.1, 0.15) is 0 Å². The third-order valence-electron chi connectivity index (χ3n) is 5.34. The Labute approximate surface area is 180 Å². The number of ether oxygens (including phenoxy) is 2. The van der Waals surface area contributed by atoms with Crippen LogP contribution in [0.3, 0.4) is 0 Å². The van der Waals surface area contributed by atoms with Gasteiger partial charge in [-0.3, -0.25) is 9.59 Å². The molecule has 0 N–H and O–H groups in total. The van der Waals surface area contributed by atoms with Crippen LogP contribution in [0.15, 0.2) is 0 Å².